The minimum absolute atomic E-state index is 0.217. The Balaban J connectivity index is 1.31. The molecule has 7 nitrogen and oxygen atoms in total. The molecule has 3 aromatic heterocycles. The molecule has 1 fully saturated rings. The van der Waals surface area contributed by atoms with Crippen LogP contribution in [-0.2, 0) is 17.6 Å². The fourth-order valence-corrected chi connectivity index (χ4v) is 5.90. The predicted molar refractivity (Wildman–Crippen MR) is 147 cm³/mol. The molecule has 0 bridgehead atoms. The summed E-state index contributed by atoms with van der Waals surface area (Å²) in [6.07, 6.45) is 8.10. The molecule has 1 saturated heterocycles. The van der Waals surface area contributed by atoms with Gasteiger partial charge in [-0.25, -0.2) is 4.98 Å². The zero-order valence-electron chi connectivity index (χ0n) is 21.3. The molecule has 1 aliphatic carbocycles. The molecule has 38 heavy (non-hydrogen) atoms. The molecular formula is C30H27ClN4O3. The number of nitrogens with one attached hydrogen (secondary N) is 1. The topological polar surface area (TPSA) is 88.2 Å². The number of halogens is 1. The van der Waals surface area contributed by atoms with Gasteiger partial charge >= 0.3 is 0 Å². The van der Waals surface area contributed by atoms with E-state index >= 15 is 0 Å². The van der Waals surface area contributed by atoms with E-state index in [1.807, 2.05) is 12.3 Å². The molecule has 1 N–H and O–H groups in total. The number of ether oxygens (including phenoxy) is 1. The second-order valence-electron chi connectivity index (χ2n) is 9.84. The maximum Gasteiger partial charge on any atom is 0.295 e. The summed E-state index contributed by atoms with van der Waals surface area (Å²) in [6, 6.07) is 10.8. The average Bonchev–Trinajstić information content (AvgIpc) is 3.33. The molecule has 0 radical (unpaired) electrons. The molecular weight excluding hydrogens is 500 g/mol. The Hall–Kier alpha value is -3.97. The van der Waals surface area contributed by atoms with Crippen molar-refractivity contribution in [1.29, 1.82) is 0 Å². The number of aryl methyl sites for hydroxylation is 3. The smallest absolute Gasteiger partial charge is 0.295 e. The summed E-state index contributed by atoms with van der Waals surface area (Å²) < 4.78 is 5.38. The molecule has 192 valence electrons. The van der Waals surface area contributed by atoms with Gasteiger partial charge in [0.05, 0.1) is 35.5 Å². The number of methoxy groups -OCH3 is 1. The van der Waals surface area contributed by atoms with E-state index in [0.717, 1.165) is 18.5 Å². The molecule has 4 heterocycles. The standard InChI is InChI=1S/C30H27ClN4O3/c1-17-5-8-21-20(14-17)7-6-19-4-3-11-32-26(19)24(21)18-9-12-35(13-10-18)30(37)28(36)22-15-33-27-25(22)23(38-2)16-34-29(27)31/h3-5,8,11,14-16,33H,6-7,9-10,12-13H2,1-2H3. The summed E-state index contributed by atoms with van der Waals surface area (Å²) >= 11 is 6.20. The van der Waals surface area contributed by atoms with E-state index in [1.54, 1.807) is 4.90 Å². The predicted octanol–water partition coefficient (Wildman–Crippen LogP) is 5.33. The van der Waals surface area contributed by atoms with Gasteiger partial charge in [0.1, 0.15) is 5.75 Å². The lowest BCUT2D eigenvalue weighted by Crippen LogP contribution is -2.40. The van der Waals surface area contributed by atoms with Crippen LogP contribution in [0.2, 0.25) is 5.15 Å². The van der Waals surface area contributed by atoms with Gasteiger partial charge < -0.3 is 14.6 Å². The van der Waals surface area contributed by atoms with Crippen molar-refractivity contribution in [3.8, 4) is 5.75 Å². The Morgan fingerprint density at radius 3 is 2.63 bits per heavy atom. The van der Waals surface area contributed by atoms with Crippen LogP contribution in [0.4, 0.5) is 0 Å². The quantitative estimate of drug-likeness (QED) is 0.221. The van der Waals surface area contributed by atoms with Gasteiger partial charge in [-0.3, -0.25) is 14.6 Å². The Kier molecular flexibility index (Phi) is 6.24. The number of Topliss-reactive ketones (excluding diaryl/α,β-unsaturated/α-hetero) is 1. The zero-order chi connectivity index (χ0) is 26.4. The number of likely N-dealkylation sites (tertiary alicyclic amines) is 1. The molecule has 1 aliphatic heterocycles. The van der Waals surface area contributed by atoms with E-state index in [1.165, 1.54) is 52.9 Å². The van der Waals surface area contributed by atoms with Crippen molar-refractivity contribution in [2.75, 3.05) is 20.2 Å². The molecule has 1 amide bonds. The van der Waals surface area contributed by atoms with Crippen LogP contribution in [0.3, 0.4) is 0 Å². The lowest BCUT2D eigenvalue weighted by molar-refractivity contribution is -0.126. The summed E-state index contributed by atoms with van der Waals surface area (Å²) in [5.41, 5.74) is 9.28. The highest BCUT2D eigenvalue weighted by Gasteiger charge is 2.31. The van der Waals surface area contributed by atoms with Gasteiger partial charge in [0.25, 0.3) is 11.7 Å². The van der Waals surface area contributed by atoms with Gasteiger partial charge in [0.15, 0.2) is 5.15 Å². The van der Waals surface area contributed by atoms with E-state index in [0.29, 0.717) is 42.6 Å². The lowest BCUT2D eigenvalue weighted by Gasteiger charge is -2.30. The van der Waals surface area contributed by atoms with E-state index in [-0.39, 0.29) is 10.7 Å². The van der Waals surface area contributed by atoms with Gasteiger partial charge in [-0.2, -0.15) is 0 Å². The third kappa shape index (κ3) is 4.07. The number of hydrogen-bond donors (Lipinski definition) is 1. The minimum atomic E-state index is -0.588. The highest BCUT2D eigenvalue weighted by molar-refractivity contribution is 6.45. The van der Waals surface area contributed by atoms with Crippen LogP contribution in [0.5, 0.6) is 5.75 Å². The molecule has 6 rings (SSSR count). The highest BCUT2D eigenvalue weighted by Crippen LogP contribution is 2.38. The molecule has 8 heteroatoms. The monoisotopic (exact) mass is 526 g/mol. The number of rotatable bonds is 3. The number of ketones is 1. The van der Waals surface area contributed by atoms with Crippen LogP contribution >= 0.6 is 11.6 Å². The summed E-state index contributed by atoms with van der Waals surface area (Å²) in [7, 11) is 1.49. The second-order valence-corrected chi connectivity index (χ2v) is 10.2. The van der Waals surface area contributed by atoms with Crippen LogP contribution in [0, 0.1) is 6.92 Å². The van der Waals surface area contributed by atoms with Crippen molar-refractivity contribution in [3.63, 3.8) is 0 Å². The summed E-state index contributed by atoms with van der Waals surface area (Å²) in [5.74, 6) is -0.725. The molecule has 0 unspecified atom stereocenters. The number of nitrogens with zero attached hydrogens (tertiary/aromatic N) is 3. The maximum absolute atomic E-state index is 13.3. The average molecular weight is 527 g/mol. The Bertz CT molecular complexity index is 1630. The summed E-state index contributed by atoms with van der Waals surface area (Å²) in [6.45, 7) is 3.06. The second kappa shape index (κ2) is 9.72. The molecule has 0 spiro atoms. The van der Waals surface area contributed by atoms with Crippen molar-refractivity contribution in [3.05, 3.63) is 93.2 Å². The van der Waals surface area contributed by atoms with Crippen LogP contribution in [0.1, 0.15) is 51.1 Å². The normalized spacial score (nSPS) is 15.2. The largest absolute Gasteiger partial charge is 0.494 e. The Morgan fingerprint density at radius 1 is 1.05 bits per heavy atom. The number of carbonyl (C=O) groups is 2. The highest BCUT2D eigenvalue weighted by atomic mass is 35.5. The molecule has 2 aliphatic rings. The van der Waals surface area contributed by atoms with E-state index < -0.39 is 11.7 Å². The first-order chi connectivity index (χ1) is 18.5. The van der Waals surface area contributed by atoms with Crippen molar-refractivity contribution in [2.24, 2.45) is 0 Å². The first-order valence-corrected chi connectivity index (χ1v) is 13.1. The first-order valence-electron chi connectivity index (χ1n) is 12.8. The van der Waals surface area contributed by atoms with E-state index in [9.17, 15) is 9.59 Å². The van der Waals surface area contributed by atoms with Crippen LogP contribution in [0.25, 0.3) is 16.5 Å². The number of benzene rings is 1. The fraction of sp³-hybridized carbons (Fsp3) is 0.267. The maximum atomic E-state index is 13.3. The van der Waals surface area contributed by atoms with Crippen LogP contribution in [0.15, 0.2) is 54.5 Å². The number of amides is 1. The fourth-order valence-electron chi connectivity index (χ4n) is 5.70. The van der Waals surface area contributed by atoms with E-state index in [2.05, 4.69) is 41.2 Å². The van der Waals surface area contributed by atoms with Crippen LogP contribution < -0.4 is 4.74 Å². The van der Waals surface area contributed by atoms with Gasteiger partial charge in [-0.05, 0) is 55.4 Å². The number of pyridine rings is 2. The third-order valence-electron chi connectivity index (χ3n) is 7.62. The number of H-pyrrole nitrogens is 1. The summed E-state index contributed by atoms with van der Waals surface area (Å²) in [5, 5.41) is 0.688. The number of carbonyl (C=O) groups excluding carboxylic acids is 2. The molecule has 1 aromatic carbocycles. The number of aromatic nitrogens is 3. The third-order valence-corrected chi connectivity index (χ3v) is 7.90. The Morgan fingerprint density at radius 2 is 1.84 bits per heavy atom. The van der Waals surface area contributed by atoms with Crippen molar-refractivity contribution < 1.29 is 14.3 Å². The van der Waals surface area contributed by atoms with Gasteiger partial charge in [-0.1, -0.05) is 47.0 Å². The first kappa shape index (κ1) is 24.4. The lowest BCUT2D eigenvalue weighted by atomic mass is 9.88. The number of piperidine rings is 1. The van der Waals surface area contributed by atoms with E-state index in [4.69, 9.17) is 21.3 Å². The van der Waals surface area contributed by atoms with Gasteiger partial charge in [0, 0.05) is 31.1 Å². The molecule has 0 atom stereocenters. The molecule has 0 saturated carbocycles. The van der Waals surface area contributed by atoms with Crippen LogP contribution in [-0.4, -0.2) is 51.7 Å². The number of aromatic amines is 1. The Labute approximate surface area is 225 Å². The minimum Gasteiger partial charge on any atom is -0.494 e. The van der Waals surface area contributed by atoms with Gasteiger partial charge in [-0.15, -0.1) is 0 Å². The van der Waals surface area contributed by atoms with Crippen molar-refractivity contribution in [2.45, 2.75) is 32.6 Å². The van der Waals surface area contributed by atoms with Gasteiger partial charge in [0.2, 0.25) is 0 Å². The SMILES string of the molecule is COc1cnc(Cl)c2[nH]cc(C(=O)C(=O)N3CCC(=C4c5ccc(C)cc5CCc5cccnc54)CC3)c12. The zero-order valence-corrected chi connectivity index (χ0v) is 22.1. The molecule has 4 aromatic rings. The van der Waals surface area contributed by atoms with Crippen molar-refractivity contribution >= 4 is 39.8 Å². The van der Waals surface area contributed by atoms with Crippen molar-refractivity contribution in [1.82, 2.24) is 19.9 Å². The number of hydrogen-bond acceptors (Lipinski definition) is 5. The number of fused-ring (bicyclic) bond motifs is 3. The summed E-state index contributed by atoms with van der Waals surface area (Å²) in [4.78, 5) is 40.2.